The van der Waals surface area contributed by atoms with Gasteiger partial charge in [-0.1, -0.05) is 34.8 Å². The van der Waals surface area contributed by atoms with Crippen LogP contribution >= 0.6 is 34.8 Å². The number of esters is 1. The highest BCUT2D eigenvalue weighted by atomic mass is 35.5. The number of allylic oxidation sites excluding steroid dienone is 1. The van der Waals surface area contributed by atoms with Gasteiger partial charge in [0.1, 0.15) is 6.04 Å². The smallest absolute Gasteiger partial charge is 0.454 e. The van der Waals surface area contributed by atoms with Gasteiger partial charge in [-0.3, -0.25) is 9.59 Å². The van der Waals surface area contributed by atoms with Gasteiger partial charge in [0.05, 0.1) is 20.8 Å². The van der Waals surface area contributed by atoms with E-state index in [1.807, 2.05) is 0 Å². The lowest BCUT2D eigenvalue weighted by Gasteiger charge is -2.21. The molecule has 1 unspecified atom stereocenters. The average Bonchev–Trinajstić information content (AvgIpc) is 3.10. The molecule has 12 heteroatoms. The summed E-state index contributed by atoms with van der Waals surface area (Å²) in [4.78, 5) is 36.3. The van der Waals surface area contributed by atoms with Crippen LogP contribution in [-0.2, 0) is 19.1 Å². The van der Waals surface area contributed by atoms with E-state index >= 15 is 0 Å². The third-order valence-corrected chi connectivity index (χ3v) is 4.93. The van der Waals surface area contributed by atoms with Crippen LogP contribution in [0, 0.1) is 0 Å². The summed E-state index contributed by atoms with van der Waals surface area (Å²) in [5.41, 5.74) is 0.165. The number of likely N-dealkylation sites (tertiary alicyclic amines) is 1. The third kappa shape index (κ3) is 6.52. The molecule has 29 heavy (non-hydrogen) atoms. The standard InChI is InChI=1S/C17H14Cl3F3N2O4/c18-9-6-11(20)12(7-10(9)19)24-15(27)8-29-16(28)13-2-1-4-25(13)5-3-14(26)17(21,22)23/h3,5-7,13H,1-2,4,8H2,(H,24,27). The Hall–Kier alpha value is -1.97. The molecule has 1 atom stereocenters. The lowest BCUT2D eigenvalue weighted by atomic mass is 10.2. The molecule has 1 heterocycles. The van der Waals surface area contributed by atoms with Gasteiger partial charge in [-0.25, -0.2) is 4.79 Å². The number of carbonyl (C=O) groups excluding carboxylic acids is 3. The van der Waals surface area contributed by atoms with E-state index < -0.39 is 36.5 Å². The Bertz CT molecular complexity index is 846. The van der Waals surface area contributed by atoms with E-state index in [4.69, 9.17) is 39.5 Å². The van der Waals surface area contributed by atoms with Crippen LogP contribution in [0.3, 0.4) is 0 Å². The van der Waals surface area contributed by atoms with E-state index in [9.17, 15) is 27.6 Å². The quantitative estimate of drug-likeness (QED) is 0.380. The lowest BCUT2D eigenvalue weighted by molar-refractivity contribution is -0.165. The highest BCUT2D eigenvalue weighted by molar-refractivity contribution is 6.44. The van der Waals surface area contributed by atoms with Crippen molar-refractivity contribution in [2.24, 2.45) is 0 Å². The molecule has 1 saturated heterocycles. The van der Waals surface area contributed by atoms with Crippen LogP contribution in [0.4, 0.5) is 18.9 Å². The highest BCUT2D eigenvalue weighted by Gasteiger charge is 2.37. The number of ketones is 1. The second kappa shape index (κ2) is 9.69. The van der Waals surface area contributed by atoms with Crippen LogP contribution in [0.1, 0.15) is 12.8 Å². The van der Waals surface area contributed by atoms with Gasteiger partial charge in [-0.05, 0) is 25.0 Å². The van der Waals surface area contributed by atoms with E-state index in [0.717, 1.165) is 6.20 Å². The van der Waals surface area contributed by atoms with Crippen molar-refractivity contribution in [2.45, 2.75) is 25.1 Å². The van der Waals surface area contributed by atoms with Crippen molar-refractivity contribution < 1.29 is 32.3 Å². The van der Waals surface area contributed by atoms with E-state index in [1.165, 1.54) is 17.0 Å². The van der Waals surface area contributed by atoms with E-state index in [1.54, 1.807) is 0 Å². The van der Waals surface area contributed by atoms with Crippen molar-refractivity contribution in [3.05, 3.63) is 39.5 Å². The van der Waals surface area contributed by atoms with Gasteiger partial charge in [-0.15, -0.1) is 0 Å². The number of hydrogen-bond acceptors (Lipinski definition) is 5. The van der Waals surface area contributed by atoms with Gasteiger partial charge in [0, 0.05) is 18.8 Å². The predicted octanol–water partition coefficient (Wildman–Crippen LogP) is 4.24. The molecular weight excluding hydrogens is 460 g/mol. The SMILES string of the molecule is O=C(COC(=O)C1CCCN1C=CC(=O)C(F)(F)F)Nc1cc(Cl)c(Cl)cc1Cl. The Balaban J connectivity index is 1.91. The second-order valence-electron chi connectivity index (χ2n) is 5.98. The fourth-order valence-electron chi connectivity index (χ4n) is 2.52. The van der Waals surface area contributed by atoms with E-state index in [-0.39, 0.29) is 27.3 Å². The van der Waals surface area contributed by atoms with Crippen LogP contribution in [0.15, 0.2) is 24.4 Å². The molecule has 0 spiro atoms. The predicted molar refractivity (Wildman–Crippen MR) is 101 cm³/mol. The molecule has 0 bridgehead atoms. The number of anilines is 1. The zero-order valence-electron chi connectivity index (χ0n) is 14.6. The summed E-state index contributed by atoms with van der Waals surface area (Å²) in [5.74, 6) is -3.54. The molecular formula is C17H14Cl3F3N2O4. The molecule has 1 fully saturated rings. The fraction of sp³-hybridized carbons (Fsp3) is 0.353. The van der Waals surface area contributed by atoms with E-state index in [2.05, 4.69) is 5.32 Å². The van der Waals surface area contributed by atoms with Gasteiger partial charge < -0.3 is 15.0 Å². The average molecular weight is 474 g/mol. The van der Waals surface area contributed by atoms with Crippen molar-refractivity contribution >= 4 is 58.1 Å². The number of halogens is 6. The third-order valence-electron chi connectivity index (χ3n) is 3.89. The summed E-state index contributed by atoms with van der Waals surface area (Å²) < 4.78 is 41.7. The zero-order chi connectivity index (χ0) is 21.8. The molecule has 0 saturated carbocycles. The minimum absolute atomic E-state index is 0.125. The summed E-state index contributed by atoms with van der Waals surface area (Å²) in [6, 6.07) is 1.76. The molecule has 6 nitrogen and oxygen atoms in total. The maximum Gasteiger partial charge on any atom is 0.454 e. The molecule has 1 aliphatic heterocycles. The van der Waals surface area contributed by atoms with Crippen LogP contribution in [-0.4, -0.2) is 47.9 Å². The molecule has 1 aromatic carbocycles. The molecule has 0 aliphatic carbocycles. The molecule has 0 radical (unpaired) electrons. The summed E-state index contributed by atoms with van der Waals surface area (Å²) in [7, 11) is 0. The van der Waals surface area contributed by atoms with Gasteiger partial charge in [-0.2, -0.15) is 13.2 Å². The van der Waals surface area contributed by atoms with Gasteiger partial charge in [0.15, 0.2) is 6.61 Å². The number of ether oxygens (including phenoxy) is 1. The monoisotopic (exact) mass is 472 g/mol. The number of benzene rings is 1. The number of amides is 1. The normalized spacial score (nSPS) is 16.9. The molecule has 1 N–H and O–H groups in total. The van der Waals surface area contributed by atoms with Gasteiger partial charge in [0.25, 0.3) is 11.7 Å². The highest BCUT2D eigenvalue weighted by Crippen LogP contribution is 2.32. The first-order valence-electron chi connectivity index (χ1n) is 8.15. The number of nitrogens with zero attached hydrogens (tertiary/aromatic N) is 1. The molecule has 1 amide bonds. The number of hydrogen-bond donors (Lipinski definition) is 1. The number of nitrogens with one attached hydrogen (secondary N) is 1. The first kappa shape index (κ1) is 23.3. The summed E-state index contributed by atoms with van der Waals surface area (Å²) >= 11 is 17.6. The summed E-state index contributed by atoms with van der Waals surface area (Å²) in [6.45, 7) is -0.378. The van der Waals surface area contributed by atoms with Crippen LogP contribution < -0.4 is 5.32 Å². The molecule has 1 aromatic rings. The largest absolute Gasteiger partial charge is 0.454 e. The lowest BCUT2D eigenvalue weighted by Crippen LogP contribution is -2.35. The Morgan fingerprint density at radius 2 is 1.83 bits per heavy atom. The first-order valence-corrected chi connectivity index (χ1v) is 9.28. The van der Waals surface area contributed by atoms with Gasteiger partial charge >= 0.3 is 12.1 Å². The van der Waals surface area contributed by atoms with Crippen LogP contribution in [0.5, 0.6) is 0 Å². The second-order valence-corrected chi connectivity index (χ2v) is 7.20. The number of carbonyl (C=O) groups is 3. The molecule has 158 valence electrons. The Morgan fingerprint density at radius 3 is 2.48 bits per heavy atom. The first-order chi connectivity index (χ1) is 13.5. The van der Waals surface area contributed by atoms with E-state index in [0.29, 0.717) is 18.9 Å². The van der Waals surface area contributed by atoms with Crippen molar-refractivity contribution in [3.63, 3.8) is 0 Å². The minimum Gasteiger partial charge on any atom is -0.454 e. The Kier molecular flexibility index (Phi) is 7.79. The van der Waals surface area contributed by atoms with Crippen LogP contribution in [0.2, 0.25) is 15.1 Å². The minimum atomic E-state index is -4.99. The molecule has 1 aliphatic rings. The summed E-state index contributed by atoms with van der Waals surface area (Å²) in [5, 5.41) is 2.88. The van der Waals surface area contributed by atoms with Crippen molar-refractivity contribution in [1.29, 1.82) is 0 Å². The maximum atomic E-state index is 12.3. The molecule has 2 rings (SSSR count). The Labute approximate surface area is 178 Å². The topological polar surface area (TPSA) is 75.7 Å². The van der Waals surface area contributed by atoms with Crippen LogP contribution in [0.25, 0.3) is 0 Å². The molecule has 0 aromatic heterocycles. The Morgan fingerprint density at radius 1 is 1.17 bits per heavy atom. The van der Waals surface area contributed by atoms with Crippen molar-refractivity contribution in [1.82, 2.24) is 4.90 Å². The number of rotatable bonds is 6. The fourth-order valence-corrected chi connectivity index (χ4v) is 3.11. The van der Waals surface area contributed by atoms with Gasteiger partial charge in [0.2, 0.25) is 0 Å². The van der Waals surface area contributed by atoms with Crippen molar-refractivity contribution in [2.75, 3.05) is 18.5 Å². The van der Waals surface area contributed by atoms with Crippen molar-refractivity contribution in [3.8, 4) is 0 Å². The maximum absolute atomic E-state index is 12.3. The zero-order valence-corrected chi connectivity index (χ0v) is 16.8. The number of alkyl halides is 3. The summed E-state index contributed by atoms with van der Waals surface area (Å²) in [6.07, 6.45) is -2.91.